The zero-order chi connectivity index (χ0) is 25.1. The largest absolute Gasteiger partial charge is 0.505 e. The molecular formula is C31H49FO. The predicted molar refractivity (Wildman–Crippen MR) is 145 cm³/mol. The van der Waals surface area contributed by atoms with E-state index in [2.05, 4.69) is 70.8 Å². The van der Waals surface area contributed by atoms with E-state index in [0.717, 1.165) is 63.4 Å². The molecule has 0 N–H and O–H groups in total. The maximum Gasteiger partial charge on any atom is 0.0991 e. The molecule has 0 unspecified atom stereocenters. The molecule has 0 saturated carbocycles. The highest BCUT2D eigenvalue weighted by Gasteiger charge is 2.14. The van der Waals surface area contributed by atoms with Crippen LogP contribution in [0.3, 0.4) is 0 Å². The molecule has 0 aromatic heterocycles. The summed E-state index contributed by atoms with van der Waals surface area (Å²) >= 11 is 0. The van der Waals surface area contributed by atoms with Crippen LogP contribution in [0.2, 0.25) is 0 Å². The van der Waals surface area contributed by atoms with Crippen LogP contribution in [0, 0.1) is 17.3 Å². The summed E-state index contributed by atoms with van der Waals surface area (Å²) in [7, 11) is 1.67. The lowest BCUT2D eigenvalue weighted by Crippen LogP contribution is -2.08. The average molecular weight is 457 g/mol. The lowest BCUT2D eigenvalue weighted by Gasteiger charge is -2.20. The number of methoxy groups -OCH3 is 1. The number of hydrogen-bond donors (Lipinski definition) is 0. The van der Waals surface area contributed by atoms with Gasteiger partial charge in [-0.2, -0.15) is 0 Å². The Morgan fingerprint density at radius 3 is 2.00 bits per heavy atom. The van der Waals surface area contributed by atoms with Crippen LogP contribution in [0.25, 0.3) is 0 Å². The van der Waals surface area contributed by atoms with Gasteiger partial charge in [-0.25, -0.2) is 4.39 Å². The highest BCUT2D eigenvalue weighted by molar-refractivity contribution is 5.11. The summed E-state index contributed by atoms with van der Waals surface area (Å²) in [6, 6.07) is 0. The van der Waals surface area contributed by atoms with Crippen LogP contribution in [-0.4, -0.2) is 7.11 Å². The fraction of sp³-hybridized carbons (Fsp3) is 0.613. The molecule has 0 atom stereocenters. The lowest BCUT2D eigenvalue weighted by molar-refractivity contribution is 0.336. The SMILES string of the molecule is CC#CCC(C)(C)C/C=C(\C)CC/C(C)=C(\F)CC/C=C(\C)CC/C=C(\C)CC/C=C/OC. The highest BCUT2D eigenvalue weighted by atomic mass is 19.1. The minimum Gasteiger partial charge on any atom is -0.505 e. The Hall–Kier alpha value is -2.01. The summed E-state index contributed by atoms with van der Waals surface area (Å²) in [6.07, 6.45) is 19.7. The van der Waals surface area contributed by atoms with Crippen molar-refractivity contribution < 1.29 is 9.13 Å². The van der Waals surface area contributed by atoms with Gasteiger partial charge in [0.1, 0.15) is 0 Å². The van der Waals surface area contributed by atoms with Crippen molar-refractivity contribution in [1.29, 1.82) is 0 Å². The molecule has 0 radical (unpaired) electrons. The minimum atomic E-state index is 0.0604. The maximum atomic E-state index is 14.5. The Kier molecular flexibility index (Phi) is 17.3. The maximum absolute atomic E-state index is 14.5. The quantitative estimate of drug-likeness (QED) is 0.127. The van der Waals surface area contributed by atoms with Crippen LogP contribution in [0.15, 0.2) is 58.7 Å². The van der Waals surface area contributed by atoms with Crippen molar-refractivity contribution in [3.63, 3.8) is 0 Å². The van der Waals surface area contributed by atoms with Gasteiger partial charge in [0.15, 0.2) is 0 Å². The normalized spacial score (nSPS) is 14.3. The van der Waals surface area contributed by atoms with Crippen LogP contribution in [0.5, 0.6) is 0 Å². The number of allylic oxidation sites excluding steroid dienone is 9. The van der Waals surface area contributed by atoms with Gasteiger partial charge in [0.05, 0.1) is 19.2 Å². The van der Waals surface area contributed by atoms with Crippen molar-refractivity contribution >= 4 is 0 Å². The number of hydrogen-bond acceptors (Lipinski definition) is 1. The van der Waals surface area contributed by atoms with Gasteiger partial charge >= 0.3 is 0 Å². The van der Waals surface area contributed by atoms with Crippen molar-refractivity contribution in [2.75, 3.05) is 7.11 Å². The molecule has 0 amide bonds. The van der Waals surface area contributed by atoms with Crippen LogP contribution < -0.4 is 0 Å². The van der Waals surface area contributed by atoms with E-state index >= 15 is 0 Å². The molecule has 0 fully saturated rings. The molecule has 0 aromatic carbocycles. The molecule has 0 saturated heterocycles. The van der Waals surface area contributed by atoms with Crippen molar-refractivity contribution in [3.05, 3.63) is 58.7 Å². The molecule has 0 spiro atoms. The Labute approximate surface area is 205 Å². The van der Waals surface area contributed by atoms with Gasteiger partial charge in [-0.05, 0) is 103 Å². The summed E-state index contributed by atoms with van der Waals surface area (Å²) in [4.78, 5) is 0. The highest BCUT2D eigenvalue weighted by Crippen LogP contribution is 2.27. The smallest absolute Gasteiger partial charge is 0.0991 e. The van der Waals surface area contributed by atoms with E-state index in [-0.39, 0.29) is 11.2 Å². The molecule has 0 aromatic rings. The van der Waals surface area contributed by atoms with Crippen LogP contribution in [0.4, 0.5) is 4.39 Å². The zero-order valence-corrected chi connectivity index (χ0v) is 22.7. The van der Waals surface area contributed by atoms with E-state index in [1.807, 2.05) is 13.8 Å². The first-order valence-corrected chi connectivity index (χ1v) is 12.5. The molecule has 186 valence electrons. The van der Waals surface area contributed by atoms with E-state index in [1.165, 1.54) is 16.7 Å². The van der Waals surface area contributed by atoms with Crippen molar-refractivity contribution in [2.45, 2.75) is 113 Å². The van der Waals surface area contributed by atoms with Gasteiger partial charge in [0.25, 0.3) is 0 Å². The van der Waals surface area contributed by atoms with Crippen LogP contribution in [-0.2, 0) is 4.74 Å². The fourth-order valence-corrected chi connectivity index (χ4v) is 3.36. The van der Waals surface area contributed by atoms with E-state index in [1.54, 1.807) is 13.4 Å². The van der Waals surface area contributed by atoms with Gasteiger partial charge in [-0.1, -0.05) is 48.8 Å². The van der Waals surface area contributed by atoms with Crippen LogP contribution in [0.1, 0.15) is 113 Å². The van der Waals surface area contributed by atoms with E-state index in [4.69, 9.17) is 4.74 Å². The number of rotatable bonds is 16. The monoisotopic (exact) mass is 456 g/mol. The lowest BCUT2D eigenvalue weighted by atomic mass is 9.85. The van der Waals surface area contributed by atoms with E-state index in [9.17, 15) is 4.39 Å². The second-order valence-corrected chi connectivity index (χ2v) is 10.0. The molecule has 0 heterocycles. The van der Waals surface area contributed by atoms with E-state index in [0.29, 0.717) is 6.42 Å². The topological polar surface area (TPSA) is 9.23 Å². The first-order chi connectivity index (χ1) is 15.6. The molecule has 0 aliphatic carbocycles. The summed E-state index contributed by atoms with van der Waals surface area (Å²) in [6.45, 7) is 14.8. The molecule has 33 heavy (non-hydrogen) atoms. The second kappa shape index (κ2) is 18.4. The number of halogens is 1. The van der Waals surface area contributed by atoms with Crippen molar-refractivity contribution in [3.8, 4) is 11.8 Å². The van der Waals surface area contributed by atoms with E-state index < -0.39 is 0 Å². The number of ether oxygens (including phenoxy) is 1. The van der Waals surface area contributed by atoms with Gasteiger partial charge in [-0.3, -0.25) is 0 Å². The average Bonchev–Trinajstić information content (AvgIpc) is 2.77. The molecule has 0 rings (SSSR count). The molecule has 2 heteroatoms. The minimum absolute atomic E-state index is 0.0604. The van der Waals surface area contributed by atoms with Gasteiger partial charge in [0, 0.05) is 12.8 Å². The third-order valence-corrected chi connectivity index (χ3v) is 5.93. The molecular weight excluding hydrogens is 407 g/mol. The summed E-state index contributed by atoms with van der Waals surface area (Å²) in [5.74, 6) is 6.22. The predicted octanol–water partition coefficient (Wildman–Crippen LogP) is 10.2. The summed E-state index contributed by atoms with van der Waals surface area (Å²) in [5.41, 5.74) is 5.19. The Balaban J connectivity index is 4.37. The Morgan fingerprint density at radius 1 is 0.818 bits per heavy atom. The van der Waals surface area contributed by atoms with Gasteiger partial charge in [0.2, 0.25) is 0 Å². The van der Waals surface area contributed by atoms with Gasteiger partial charge < -0.3 is 4.74 Å². The third-order valence-electron chi connectivity index (χ3n) is 5.93. The third kappa shape index (κ3) is 18.1. The first-order valence-electron chi connectivity index (χ1n) is 12.5. The molecule has 0 aliphatic heterocycles. The van der Waals surface area contributed by atoms with Crippen molar-refractivity contribution in [1.82, 2.24) is 0 Å². The first kappa shape index (κ1) is 31.0. The summed E-state index contributed by atoms with van der Waals surface area (Å²) < 4.78 is 19.5. The van der Waals surface area contributed by atoms with Gasteiger partial charge in [-0.15, -0.1) is 11.8 Å². The Bertz CT molecular complexity index is 762. The Morgan fingerprint density at radius 2 is 1.39 bits per heavy atom. The summed E-state index contributed by atoms with van der Waals surface area (Å²) in [5, 5.41) is 0. The standard InChI is InChI=1S/C31H49FO/c1-9-10-23-31(6,7)24-22-28(4)20-21-29(5)30(32)19-14-18-27(3)17-13-16-26(2)15-11-12-25-33-8/h12,16,18,22,25H,11,13-15,17,19-21,23-24H2,1-8H3/b25-12+,26-16+,27-18+,28-22+,30-29-. The molecule has 0 bridgehead atoms. The second-order valence-electron chi connectivity index (χ2n) is 10.0. The van der Waals surface area contributed by atoms with Crippen molar-refractivity contribution in [2.24, 2.45) is 5.41 Å². The zero-order valence-electron chi connectivity index (χ0n) is 22.7. The van der Waals surface area contributed by atoms with Crippen LogP contribution >= 0.6 is 0 Å². The molecule has 1 nitrogen and oxygen atoms in total. The fourth-order valence-electron chi connectivity index (χ4n) is 3.36. The molecule has 0 aliphatic rings.